The minimum absolute atomic E-state index is 0.216. The Labute approximate surface area is 204 Å². The van der Waals surface area contributed by atoms with Crippen molar-refractivity contribution >= 4 is 16.7 Å². The third-order valence-corrected chi connectivity index (χ3v) is 7.41. The minimum Gasteiger partial charge on any atom is -0.396 e. The number of rotatable bonds is 9. The summed E-state index contributed by atoms with van der Waals surface area (Å²) in [6.45, 7) is 2.07. The number of aliphatic hydroxyl groups is 1. The maximum atomic E-state index is 13.0. The fourth-order valence-corrected chi connectivity index (χ4v) is 5.27. The van der Waals surface area contributed by atoms with Crippen molar-refractivity contribution in [2.45, 2.75) is 57.0 Å². The molecule has 3 aromatic carbocycles. The van der Waals surface area contributed by atoms with E-state index < -0.39 is 0 Å². The fraction of sp³-hybridized carbons (Fsp3) is 0.433. The minimum atomic E-state index is 0.216. The highest BCUT2D eigenvalue weighted by Crippen LogP contribution is 2.35. The van der Waals surface area contributed by atoms with Crippen molar-refractivity contribution in [3.63, 3.8) is 0 Å². The molecule has 4 nitrogen and oxygen atoms in total. The lowest BCUT2D eigenvalue weighted by molar-refractivity contribution is -0.131. The second-order valence-corrected chi connectivity index (χ2v) is 9.92. The van der Waals surface area contributed by atoms with Crippen LogP contribution in [0.1, 0.15) is 54.7 Å². The topological polar surface area (TPSA) is 43.8 Å². The lowest BCUT2D eigenvalue weighted by atomic mass is 9.81. The first-order chi connectivity index (χ1) is 16.5. The summed E-state index contributed by atoms with van der Waals surface area (Å²) < 4.78 is 0. The van der Waals surface area contributed by atoms with Crippen LogP contribution in [0.25, 0.3) is 10.8 Å². The van der Waals surface area contributed by atoms with E-state index >= 15 is 0 Å². The molecule has 1 saturated carbocycles. The maximum Gasteiger partial charge on any atom is 0.226 e. The molecule has 4 rings (SSSR count). The number of benzene rings is 3. The maximum absolute atomic E-state index is 13.0. The Kier molecular flexibility index (Phi) is 8.36. The van der Waals surface area contributed by atoms with Crippen molar-refractivity contribution in [2.75, 3.05) is 27.2 Å². The van der Waals surface area contributed by atoms with Crippen LogP contribution in [-0.4, -0.2) is 54.1 Å². The van der Waals surface area contributed by atoms with E-state index in [1.165, 1.54) is 21.9 Å². The molecule has 180 valence electrons. The monoisotopic (exact) mass is 458 g/mol. The molecule has 1 N–H and O–H groups in total. The summed E-state index contributed by atoms with van der Waals surface area (Å²) >= 11 is 0. The van der Waals surface area contributed by atoms with Crippen LogP contribution in [0.5, 0.6) is 0 Å². The van der Waals surface area contributed by atoms with Crippen molar-refractivity contribution in [1.82, 2.24) is 9.80 Å². The van der Waals surface area contributed by atoms with Crippen LogP contribution in [0.2, 0.25) is 0 Å². The Bertz CT molecular complexity index is 1070. The van der Waals surface area contributed by atoms with Gasteiger partial charge in [0.05, 0.1) is 6.42 Å². The van der Waals surface area contributed by atoms with E-state index in [2.05, 4.69) is 66.5 Å². The third-order valence-electron chi connectivity index (χ3n) is 7.41. The number of amides is 1. The Balaban J connectivity index is 1.27. The van der Waals surface area contributed by atoms with Crippen molar-refractivity contribution in [1.29, 1.82) is 0 Å². The van der Waals surface area contributed by atoms with Gasteiger partial charge in [0.15, 0.2) is 0 Å². The average Bonchev–Trinajstić information content (AvgIpc) is 2.87. The SMILES string of the molecule is CN(CCCO)Cc1ccc(C2CCC(N(C)C(=O)Cc3ccc4ccccc4c3)CC2)cc1. The first-order valence-electron chi connectivity index (χ1n) is 12.6. The van der Waals surface area contributed by atoms with Crippen LogP contribution in [0.4, 0.5) is 0 Å². The number of hydrogen-bond acceptors (Lipinski definition) is 3. The first kappa shape index (κ1) is 24.4. The van der Waals surface area contributed by atoms with Gasteiger partial charge in [-0.2, -0.15) is 0 Å². The molecular formula is C30H38N2O2. The smallest absolute Gasteiger partial charge is 0.226 e. The number of hydrogen-bond donors (Lipinski definition) is 1. The average molecular weight is 459 g/mol. The van der Waals surface area contributed by atoms with Crippen LogP contribution in [0, 0.1) is 0 Å². The van der Waals surface area contributed by atoms with Crippen molar-refractivity contribution in [2.24, 2.45) is 0 Å². The zero-order valence-corrected chi connectivity index (χ0v) is 20.6. The molecule has 34 heavy (non-hydrogen) atoms. The van der Waals surface area contributed by atoms with Gasteiger partial charge < -0.3 is 14.9 Å². The molecule has 0 atom stereocenters. The van der Waals surface area contributed by atoms with Gasteiger partial charge in [0.2, 0.25) is 5.91 Å². The van der Waals surface area contributed by atoms with Crippen LogP contribution in [0.15, 0.2) is 66.7 Å². The summed E-state index contributed by atoms with van der Waals surface area (Å²) in [6.07, 6.45) is 5.68. The Morgan fingerprint density at radius 3 is 2.26 bits per heavy atom. The normalized spacial score (nSPS) is 18.4. The largest absolute Gasteiger partial charge is 0.396 e. The quantitative estimate of drug-likeness (QED) is 0.468. The van der Waals surface area contributed by atoms with E-state index in [9.17, 15) is 4.79 Å². The Morgan fingerprint density at radius 2 is 1.56 bits per heavy atom. The second-order valence-electron chi connectivity index (χ2n) is 9.92. The summed E-state index contributed by atoms with van der Waals surface area (Å²) in [7, 11) is 4.08. The predicted octanol–water partition coefficient (Wildman–Crippen LogP) is 5.38. The van der Waals surface area contributed by atoms with Gasteiger partial charge in [0, 0.05) is 32.8 Å². The van der Waals surface area contributed by atoms with Crippen LogP contribution in [-0.2, 0) is 17.8 Å². The Morgan fingerprint density at radius 1 is 0.882 bits per heavy atom. The predicted molar refractivity (Wildman–Crippen MR) is 140 cm³/mol. The molecule has 0 radical (unpaired) electrons. The molecule has 1 aliphatic carbocycles. The van der Waals surface area contributed by atoms with Crippen molar-refractivity contribution in [3.8, 4) is 0 Å². The van der Waals surface area contributed by atoms with E-state index in [0.29, 0.717) is 18.4 Å². The van der Waals surface area contributed by atoms with Gasteiger partial charge in [-0.15, -0.1) is 0 Å². The van der Waals surface area contributed by atoms with Gasteiger partial charge in [-0.3, -0.25) is 4.79 Å². The zero-order valence-electron chi connectivity index (χ0n) is 20.6. The van der Waals surface area contributed by atoms with E-state index in [4.69, 9.17) is 5.11 Å². The summed E-state index contributed by atoms with van der Waals surface area (Å²) in [5.41, 5.74) is 3.83. The molecule has 1 fully saturated rings. The molecule has 1 aliphatic rings. The number of fused-ring (bicyclic) bond motifs is 1. The van der Waals surface area contributed by atoms with Crippen molar-refractivity contribution in [3.05, 3.63) is 83.4 Å². The summed E-state index contributed by atoms with van der Waals surface area (Å²) in [5.74, 6) is 0.801. The molecule has 0 aliphatic heterocycles. The molecule has 1 amide bonds. The summed E-state index contributed by atoms with van der Waals surface area (Å²) in [4.78, 5) is 17.2. The van der Waals surface area contributed by atoms with Gasteiger partial charge in [0.1, 0.15) is 0 Å². The van der Waals surface area contributed by atoms with Gasteiger partial charge in [0.25, 0.3) is 0 Å². The second kappa shape index (κ2) is 11.6. The van der Waals surface area contributed by atoms with E-state index in [1.54, 1.807) is 0 Å². The molecule has 0 spiro atoms. The Hall–Kier alpha value is -2.69. The van der Waals surface area contributed by atoms with Gasteiger partial charge in [-0.25, -0.2) is 0 Å². The highest BCUT2D eigenvalue weighted by molar-refractivity contribution is 5.85. The third kappa shape index (κ3) is 6.25. The standard InChI is InChI=1S/C30H38N2O2/c1-31(18-5-19-33)22-23-8-11-26(12-9-23)27-14-16-29(17-15-27)32(2)30(34)21-24-10-13-25-6-3-4-7-28(25)20-24/h3-4,6-13,20,27,29,33H,5,14-19,21-22H2,1-2H3. The number of nitrogens with zero attached hydrogens (tertiary/aromatic N) is 2. The van der Waals surface area contributed by atoms with Gasteiger partial charge >= 0.3 is 0 Å². The summed E-state index contributed by atoms with van der Waals surface area (Å²) in [6, 6.07) is 24.0. The number of likely N-dealkylation sites (N-methyl/N-ethyl adjacent to an activating group) is 1. The molecule has 0 unspecified atom stereocenters. The molecule has 4 heteroatoms. The zero-order chi connectivity index (χ0) is 23.9. The lowest BCUT2D eigenvalue weighted by Gasteiger charge is -2.35. The fourth-order valence-electron chi connectivity index (χ4n) is 5.27. The van der Waals surface area contributed by atoms with Gasteiger partial charge in [-0.1, -0.05) is 66.7 Å². The number of carbonyl (C=O) groups excluding carboxylic acids is 1. The highest BCUT2D eigenvalue weighted by Gasteiger charge is 2.27. The molecule has 0 heterocycles. The van der Waals surface area contributed by atoms with Crippen LogP contribution in [0.3, 0.4) is 0 Å². The molecular weight excluding hydrogens is 420 g/mol. The van der Waals surface area contributed by atoms with Crippen LogP contribution >= 0.6 is 0 Å². The van der Waals surface area contributed by atoms with E-state index in [1.807, 2.05) is 24.1 Å². The van der Waals surface area contributed by atoms with Crippen LogP contribution < -0.4 is 0 Å². The first-order valence-corrected chi connectivity index (χ1v) is 12.6. The lowest BCUT2D eigenvalue weighted by Crippen LogP contribution is -2.40. The van der Waals surface area contributed by atoms with Crippen molar-refractivity contribution < 1.29 is 9.90 Å². The van der Waals surface area contributed by atoms with E-state index in [0.717, 1.165) is 50.8 Å². The molecule has 3 aromatic rings. The molecule has 0 saturated heterocycles. The van der Waals surface area contributed by atoms with E-state index in [-0.39, 0.29) is 12.5 Å². The number of carbonyl (C=O) groups is 1. The molecule has 0 bridgehead atoms. The highest BCUT2D eigenvalue weighted by atomic mass is 16.3. The summed E-state index contributed by atoms with van der Waals surface area (Å²) in [5, 5.41) is 11.4. The molecule has 0 aromatic heterocycles. The van der Waals surface area contributed by atoms with Gasteiger partial charge in [-0.05, 0) is 72.5 Å². The number of aliphatic hydroxyl groups excluding tert-OH is 1.